The summed E-state index contributed by atoms with van der Waals surface area (Å²) in [6.45, 7) is 0. The maximum Gasteiger partial charge on any atom is 1.00 e. The first kappa shape index (κ1) is 6.29. The zero-order valence-corrected chi connectivity index (χ0v) is 5.88. The van der Waals surface area contributed by atoms with E-state index in [0.29, 0.717) is 0 Å². The van der Waals surface area contributed by atoms with Gasteiger partial charge in [-0.2, -0.15) is 19.5 Å². The smallest absolute Gasteiger partial charge is 0.356 e. The Morgan fingerprint density at radius 1 is 1.40 bits per heavy atom. The van der Waals surface area contributed by atoms with E-state index in [9.17, 15) is 0 Å². The Hall–Kier alpha value is 1.29. The van der Waals surface area contributed by atoms with E-state index < -0.39 is 0 Å². The van der Waals surface area contributed by atoms with Crippen LogP contribution in [0.1, 0.15) is 0 Å². The Labute approximate surface area is 53.7 Å². The first-order valence-corrected chi connectivity index (χ1v) is 5.57. The van der Waals surface area contributed by atoms with Crippen LogP contribution >= 0.6 is 15.3 Å². The molecule has 1 aliphatic heterocycles. The Kier molecular flexibility index (Phi) is 3.10. The molecule has 1 aliphatic rings. The first-order chi connectivity index (χ1) is 1.89. The second-order valence-corrected chi connectivity index (χ2v) is 6.42. The van der Waals surface area contributed by atoms with Gasteiger partial charge in [0.25, 0.3) is 0 Å². The summed E-state index contributed by atoms with van der Waals surface area (Å²) in [7, 11) is 0.183. The first-order valence-electron chi connectivity index (χ1n) is 1.40. The van der Waals surface area contributed by atoms with Gasteiger partial charge < -0.3 is 15.3 Å². The topological polar surface area (TPSA) is 0 Å². The molecule has 0 saturated carbocycles. The average molecular weight is 143 g/mol. The average Bonchev–Trinajstić information content (AvgIpc) is 1.75. The number of hydrogen-bond acceptors (Lipinski definition) is 0. The minimum atomic E-state index is 0. The van der Waals surface area contributed by atoms with Gasteiger partial charge >= 0.3 is 18.9 Å². The molecule has 3 heteroatoms. The molecule has 1 saturated heterocycles. The summed E-state index contributed by atoms with van der Waals surface area (Å²) >= 11 is 3.48. The summed E-state index contributed by atoms with van der Waals surface area (Å²) < 4.78 is 0. The molecule has 0 aromatic carbocycles. The monoisotopic (exact) mass is 142 g/mol. The van der Waals surface area contributed by atoms with Crippen LogP contribution in [0, 0.1) is 0 Å². The van der Waals surface area contributed by atoms with Crippen molar-refractivity contribution in [3.8, 4) is 0 Å². The molecule has 5 heavy (non-hydrogen) atoms. The zero-order chi connectivity index (χ0) is 2.99. The van der Waals surface area contributed by atoms with Crippen LogP contribution in [-0.2, 0) is 0 Å². The van der Waals surface area contributed by atoms with E-state index in [-0.39, 0.29) is 26.3 Å². The summed E-state index contributed by atoms with van der Waals surface area (Å²) in [5, 5.41) is 0. The van der Waals surface area contributed by atoms with Crippen LogP contribution in [0.2, 0.25) is 12.1 Å². The molecule has 1 heterocycles. The van der Waals surface area contributed by atoms with Crippen molar-refractivity contribution < 1.29 is 18.9 Å². The van der Waals surface area contributed by atoms with Gasteiger partial charge in [-0.05, 0) is 0 Å². The number of hydrogen-bond donors (Lipinski definition) is 0. The summed E-state index contributed by atoms with van der Waals surface area (Å²) in [5.41, 5.74) is 0. The molecule has 0 unspecified atom stereocenters. The zero-order valence-electron chi connectivity index (χ0n) is 3.29. The van der Waals surface area contributed by atoms with Gasteiger partial charge in [0.1, 0.15) is 0 Å². The SMILES string of the molecule is Br[Si-]1CC1.[Li+]. The minimum absolute atomic E-state index is 0. The van der Waals surface area contributed by atoms with Crippen LogP contribution in [-0.4, -0.2) is 7.42 Å². The summed E-state index contributed by atoms with van der Waals surface area (Å²) in [6.07, 6.45) is 0. The molecule has 24 valence electrons. The second kappa shape index (κ2) is 2.46. The van der Waals surface area contributed by atoms with E-state index in [1.165, 1.54) is 12.1 Å². The second-order valence-electron chi connectivity index (χ2n) is 1.02. The molecule has 0 aromatic rings. The van der Waals surface area contributed by atoms with Crippen LogP contribution < -0.4 is 18.9 Å². The van der Waals surface area contributed by atoms with Crippen molar-refractivity contribution in [3.63, 3.8) is 0 Å². The molecule has 0 aliphatic carbocycles. The van der Waals surface area contributed by atoms with Crippen LogP contribution in [0.25, 0.3) is 0 Å². The van der Waals surface area contributed by atoms with Crippen molar-refractivity contribution in [3.05, 3.63) is 0 Å². The van der Waals surface area contributed by atoms with E-state index >= 15 is 0 Å². The van der Waals surface area contributed by atoms with Gasteiger partial charge in [0.05, 0.1) is 0 Å². The third-order valence-electron chi connectivity index (χ3n) is 0.439. The Morgan fingerprint density at radius 2 is 1.60 bits per heavy atom. The minimum Gasteiger partial charge on any atom is -0.356 e. The number of rotatable bonds is 0. The normalized spacial score (nSPS) is 21.0. The molecule has 0 radical (unpaired) electrons. The Morgan fingerprint density at radius 3 is 1.60 bits per heavy atom. The standard InChI is InChI=1S/C2H4BrSi.Li/c3-4-1-2-4;/h1-2H2;/q-1;+1. The molecule has 0 atom stereocenters. The van der Waals surface area contributed by atoms with Gasteiger partial charge in [0.15, 0.2) is 0 Å². The van der Waals surface area contributed by atoms with Crippen molar-refractivity contribution in [1.82, 2.24) is 0 Å². The molecule has 1 rings (SSSR count). The van der Waals surface area contributed by atoms with Crippen molar-refractivity contribution in [2.75, 3.05) is 0 Å². The van der Waals surface area contributed by atoms with E-state index in [2.05, 4.69) is 15.3 Å². The quantitative estimate of drug-likeness (QED) is 0.282. The molecule has 0 amide bonds. The van der Waals surface area contributed by atoms with Crippen LogP contribution in [0.5, 0.6) is 0 Å². The third kappa shape index (κ3) is 3.12. The summed E-state index contributed by atoms with van der Waals surface area (Å²) in [5.74, 6) is 0. The molecule has 0 N–H and O–H groups in total. The fourth-order valence-corrected chi connectivity index (χ4v) is 2.21. The molecular weight excluding hydrogens is 139 g/mol. The van der Waals surface area contributed by atoms with Gasteiger partial charge in [-0.1, -0.05) is 0 Å². The molecule has 1 fully saturated rings. The number of halogens is 1. The van der Waals surface area contributed by atoms with Crippen LogP contribution in [0.3, 0.4) is 0 Å². The molecule has 0 aromatic heterocycles. The van der Waals surface area contributed by atoms with Crippen LogP contribution in [0.4, 0.5) is 0 Å². The molecule has 0 bridgehead atoms. The van der Waals surface area contributed by atoms with Gasteiger partial charge in [0, 0.05) is 0 Å². The van der Waals surface area contributed by atoms with Crippen molar-refractivity contribution in [2.45, 2.75) is 12.1 Å². The van der Waals surface area contributed by atoms with Crippen molar-refractivity contribution in [1.29, 1.82) is 0 Å². The van der Waals surface area contributed by atoms with Crippen molar-refractivity contribution >= 4 is 22.7 Å². The van der Waals surface area contributed by atoms with Gasteiger partial charge in [-0.3, -0.25) is 0 Å². The molecule has 0 nitrogen and oxygen atoms in total. The van der Waals surface area contributed by atoms with E-state index in [4.69, 9.17) is 0 Å². The van der Waals surface area contributed by atoms with E-state index in [1.807, 2.05) is 0 Å². The van der Waals surface area contributed by atoms with Gasteiger partial charge in [-0.25, -0.2) is 0 Å². The fourth-order valence-electron chi connectivity index (χ4n) is 0.0472. The summed E-state index contributed by atoms with van der Waals surface area (Å²) in [4.78, 5) is 0. The van der Waals surface area contributed by atoms with Crippen LogP contribution in [0.15, 0.2) is 0 Å². The summed E-state index contributed by atoms with van der Waals surface area (Å²) in [6, 6.07) is 3.01. The van der Waals surface area contributed by atoms with E-state index in [1.54, 1.807) is 0 Å². The van der Waals surface area contributed by atoms with Gasteiger partial charge in [-0.15, -0.1) is 0 Å². The predicted molar refractivity (Wildman–Crippen MR) is 24.3 cm³/mol. The van der Waals surface area contributed by atoms with E-state index in [0.717, 1.165) is 0 Å². The predicted octanol–water partition coefficient (Wildman–Crippen LogP) is -1.61. The third-order valence-corrected chi connectivity index (χ3v) is 3.70. The Balaban J connectivity index is 0.000000160. The molecule has 0 spiro atoms. The fraction of sp³-hybridized carbons (Fsp3) is 1.00. The maximum atomic E-state index is 3.48. The largest absolute Gasteiger partial charge is 1.00 e. The van der Waals surface area contributed by atoms with Crippen molar-refractivity contribution in [2.24, 2.45) is 0 Å². The molecular formula is C2H4BrLiSi. The van der Waals surface area contributed by atoms with Gasteiger partial charge in [0.2, 0.25) is 0 Å². The maximum absolute atomic E-state index is 3.48. The Bertz CT molecular complexity index is 28.8.